The smallest absolute Gasteiger partial charge is 0.223 e. The lowest BCUT2D eigenvalue weighted by molar-refractivity contribution is -0.122. The van der Waals surface area contributed by atoms with E-state index in [0.29, 0.717) is 12.0 Å². The number of hydrogen-bond acceptors (Lipinski definition) is 2. The van der Waals surface area contributed by atoms with Gasteiger partial charge in [0.05, 0.1) is 6.20 Å². The van der Waals surface area contributed by atoms with Crippen molar-refractivity contribution in [3.05, 3.63) is 18.0 Å². The number of nitrogens with one attached hydrogen (secondary N) is 1. The molecule has 0 radical (unpaired) electrons. The molecule has 4 nitrogen and oxygen atoms in total. The van der Waals surface area contributed by atoms with Crippen LogP contribution >= 0.6 is 0 Å². The predicted octanol–water partition coefficient (Wildman–Crippen LogP) is 0.802. The molecule has 0 aliphatic heterocycles. The standard InChI is InChI=1S/C11H15N3O/c1-14-6-7(5-12-14)9-4-10(9)11(15)13-8-2-3-8/h5-6,8-10H,2-4H2,1H3,(H,13,15)/t9-,10-/m0/s1. The van der Waals surface area contributed by atoms with E-state index in [1.54, 1.807) is 4.68 Å². The Balaban J connectivity index is 1.60. The molecule has 0 spiro atoms. The second kappa shape index (κ2) is 3.08. The third kappa shape index (κ3) is 1.76. The van der Waals surface area contributed by atoms with Gasteiger partial charge >= 0.3 is 0 Å². The maximum atomic E-state index is 11.7. The molecule has 1 aromatic rings. The second-order valence-electron chi connectivity index (χ2n) is 4.68. The Labute approximate surface area is 88.7 Å². The van der Waals surface area contributed by atoms with E-state index in [4.69, 9.17) is 0 Å². The summed E-state index contributed by atoms with van der Waals surface area (Å²) >= 11 is 0. The number of rotatable bonds is 3. The van der Waals surface area contributed by atoms with Gasteiger partial charge in [0.2, 0.25) is 5.91 Å². The number of carbonyl (C=O) groups excluding carboxylic acids is 1. The molecule has 2 saturated carbocycles. The van der Waals surface area contributed by atoms with E-state index in [0.717, 1.165) is 19.3 Å². The van der Waals surface area contributed by atoms with E-state index in [2.05, 4.69) is 10.4 Å². The monoisotopic (exact) mass is 205 g/mol. The average Bonchev–Trinajstić information content (AvgIpc) is 3.08. The minimum atomic E-state index is 0.204. The first-order valence-corrected chi connectivity index (χ1v) is 5.53. The normalized spacial score (nSPS) is 28.9. The van der Waals surface area contributed by atoms with Crippen molar-refractivity contribution in [1.29, 1.82) is 0 Å². The molecule has 15 heavy (non-hydrogen) atoms. The fourth-order valence-electron chi connectivity index (χ4n) is 2.02. The van der Waals surface area contributed by atoms with Crippen LogP contribution in [0.1, 0.15) is 30.7 Å². The highest BCUT2D eigenvalue weighted by atomic mass is 16.2. The maximum absolute atomic E-state index is 11.7. The van der Waals surface area contributed by atoms with Crippen LogP contribution in [-0.4, -0.2) is 21.7 Å². The second-order valence-corrected chi connectivity index (χ2v) is 4.68. The molecule has 0 saturated heterocycles. The lowest BCUT2D eigenvalue weighted by atomic mass is 10.2. The third-order valence-corrected chi connectivity index (χ3v) is 3.20. The summed E-state index contributed by atoms with van der Waals surface area (Å²) in [6, 6.07) is 0.479. The number of aromatic nitrogens is 2. The number of nitrogens with zero attached hydrogens (tertiary/aromatic N) is 2. The molecule has 1 amide bonds. The molecule has 2 atom stereocenters. The zero-order valence-electron chi connectivity index (χ0n) is 8.81. The fourth-order valence-corrected chi connectivity index (χ4v) is 2.02. The number of aryl methyl sites for hydroxylation is 1. The van der Waals surface area contributed by atoms with Crippen molar-refractivity contribution in [3.63, 3.8) is 0 Å². The van der Waals surface area contributed by atoms with Crippen molar-refractivity contribution in [3.8, 4) is 0 Å². The van der Waals surface area contributed by atoms with Crippen molar-refractivity contribution >= 4 is 5.91 Å². The summed E-state index contributed by atoms with van der Waals surface area (Å²) in [7, 11) is 1.91. The summed E-state index contributed by atoms with van der Waals surface area (Å²) in [6.45, 7) is 0. The minimum Gasteiger partial charge on any atom is -0.353 e. The van der Waals surface area contributed by atoms with Crippen molar-refractivity contribution < 1.29 is 4.79 Å². The van der Waals surface area contributed by atoms with Gasteiger partial charge in [0.15, 0.2) is 0 Å². The topological polar surface area (TPSA) is 46.9 Å². The molecule has 2 aliphatic rings. The van der Waals surface area contributed by atoms with Gasteiger partial charge in [0.1, 0.15) is 0 Å². The Kier molecular flexibility index (Phi) is 1.84. The first-order valence-electron chi connectivity index (χ1n) is 5.53. The molecule has 4 heteroatoms. The van der Waals surface area contributed by atoms with Gasteiger partial charge in [-0.1, -0.05) is 0 Å². The molecule has 0 unspecified atom stereocenters. The number of amides is 1. The Morgan fingerprint density at radius 2 is 2.40 bits per heavy atom. The molecular formula is C11H15N3O. The first-order chi connectivity index (χ1) is 7.24. The highest BCUT2D eigenvalue weighted by Crippen LogP contribution is 2.47. The number of hydrogen-bond donors (Lipinski definition) is 1. The van der Waals surface area contributed by atoms with E-state index in [9.17, 15) is 4.79 Å². The van der Waals surface area contributed by atoms with Crippen molar-refractivity contribution in [2.24, 2.45) is 13.0 Å². The van der Waals surface area contributed by atoms with Gasteiger partial charge in [-0.25, -0.2) is 0 Å². The van der Waals surface area contributed by atoms with Crippen LogP contribution in [0, 0.1) is 5.92 Å². The summed E-state index contributed by atoms with van der Waals surface area (Å²) in [6.07, 6.45) is 7.19. The first kappa shape index (κ1) is 8.95. The van der Waals surface area contributed by atoms with Gasteiger partial charge in [0.25, 0.3) is 0 Å². The van der Waals surface area contributed by atoms with E-state index < -0.39 is 0 Å². The van der Waals surface area contributed by atoms with E-state index in [1.165, 1.54) is 5.56 Å². The molecular weight excluding hydrogens is 190 g/mol. The Bertz CT molecular complexity index is 394. The zero-order chi connectivity index (χ0) is 10.4. The molecule has 3 rings (SSSR count). The average molecular weight is 205 g/mol. The van der Waals surface area contributed by atoms with E-state index in [-0.39, 0.29) is 11.8 Å². The van der Waals surface area contributed by atoms with Crippen LogP contribution in [0.2, 0.25) is 0 Å². The van der Waals surface area contributed by atoms with E-state index in [1.807, 2.05) is 19.4 Å². The summed E-state index contributed by atoms with van der Waals surface area (Å²) in [5.74, 6) is 0.860. The maximum Gasteiger partial charge on any atom is 0.223 e. The quantitative estimate of drug-likeness (QED) is 0.793. The van der Waals surface area contributed by atoms with Gasteiger partial charge < -0.3 is 5.32 Å². The largest absolute Gasteiger partial charge is 0.353 e. The summed E-state index contributed by atoms with van der Waals surface area (Å²) in [5, 5.41) is 7.19. The zero-order valence-corrected chi connectivity index (χ0v) is 8.81. The molecule has 0 bridgehead atoms. The summed E-state index contributed by atoms with van der Waals surface area (Å²) in [4.78, 5) is 11.7. The predicted molar refractivity (Wildman–Crippen MR) is 55.2 cm³/mol. The van der Waals surface area contributed by atoms with Crippen LogP contribution < -0.4 is 5.32 Å². The molecule has 1 N–H and O–H groups in total. The molecule has 1 heterocycles. The van der Waals surface area contributed by atoms with Crippen molar-refractivity contribution in [2.75, 3.05) is 0 Å². The van der Waals surface area contributed by atoms with Crippen LogP contribution in [0.25, 0.3) is 0 Å². The van der Waals surface area contributed by atoms with Crippen LogP contribution in [0.5, 0.6) is 0 Å². The van der Waals surface area contributed by atoms with E-state index >= 15 is 0 Å². The summed E-state index contributed by atoms with van der Waals surface area (Å²) in [5.41, 5.74) is 1.20. The van der Waals surface area contributed by atoms with Gasteiger partial charge in [0, 0.05) is 25.2 Å². The Morgan fingerprint density at radius 3 is 3.00 bits per heavy atom. The van der Waals surface area contributed by atoms with Crippen molar-refractivity contribution in [1.82, 2.24) is 15.1 Å². The molecule has 2 aliphatic carbocycles. The Hall–Kier alpha value is -1.32. The van der Waals surface area contributed by atoms with Gasteiger partial charge in [-0.15, -0.1) is 0 Å². The Morgan fingerprint density at radius 1 is 1.60 bits per heavy atom. The van der Waals surface area contributed by atoms with Crippen LogP contribution in [0.3, 0.4) is 0 Å². The van der Waals surface area contributed by atoms with Crippen LogP contribution in [0.15, 0.2) is 12.4 Å². The highest BCUT2D eigenvalue weighted by molar-refractivity contribution is 5.83. The minimum absolute atomic E-state index is 0.204. The van der Waals surface area contributed by atoms with Crippen LogP contribution in [-0.2, 0) is 11.8 Å². The van der Waals surface area contributed by atoms with Crippen LogP contribution in [0.4, 0.5) is 0 Å². The van der Waals surface area contributed by atoms with Crippen molar-refractivity contribution in [2.45, 2.75) is 31.2 Å². The summed E-state index contributed by atoms with van der Waals surface area (Å²) < 4.78 is 1.80. The molecule has 0 aromatic carbocycles. The van der Waals surface area contributed by atoms with Gasteiger partial charge in [-0.2, -0.15) is 5.10 Å². The van der Waals surface area contributed by atoms with Gasteiger partial charge in [-0.3, -0.25) is 9.48 Å². The fraction of sp³-hybridized carbons (Fsp3) is 0.636. The SMILES string of the molecule is Cn1cc([C@@H]2C[C@@H]2C(=O)NC2CC2)cn1. The molecule has 80 valence electrons. The molecule has 2 fully saturated rings. The lowest BCUT2D eigenvalue weighted by Gasteiger charge is -2.00. The van der Waals surface area contributed by atoms with Gasteiger partial charge in [-0.05, 0) is 30.7 Å². The molecule has 1 aromatic heterocycles. The lowest BCUT2D eigenvalue weighted by Crippen LogP contribution is -2.27. The highest BCUT2D eigenvalue weighted by Gasteiger charge is 2.45. The third-order valence-electron chi connectivity index (χ3n) is 3.20. The number of carbonyl (C=O) groups is 1.